The van der Waals surface area contributed by atoms with Crippen molar-refractivity contribution in [2.75, 3.05) is 14.2 Å². The van der Waals surface area contributed by atoms with E-state index in [2.05, 4.69) is 0 Å². The Morgan fingerprint density at radius 1 is 1.08 bits per heavy atom. The van der Waals surface area contributed by atoms with Gasteiger partial charge in [0.05, 0.1) is 14.2 Å². The zero-order valence-corrected chi connectivity index (χ0v) is 14.8. The summed E-state index contributed by atoms with van der Waals surface area (Å²) >= 11 is 0. The Bertz CT molecular complexity index is 806. The maximum atomic E-state index is 13.2. The largest absolute Gasteiger partial charge is 0.622 e. The molecule has 0 bridgehead atoms. The summed E-state index contributed by atoms with van der Waals surface area (Å²) in [6.07, 6.45) is 0. The van der Waals surface area contributed by atoms with E-state index >= 15 is 0 Å². The maximum Gasteiger partial charge on any atom is 0.274 e. The summed E-state index contributed by atoms with van der Waals surface area (Å²) in [6.45, 7) is 3.49. The van der Waals surface area contributed by atoms with Gasteiger partial charge in [-0.2, -0.15) is 4.74 Å². The second-order valence-electron chi connectivity index (χ2n) is 6.16. The van der Waals surface area contributed by atoms with E-state index in [0.29, 0.717) is 22.8 Å². The smallest absolute Gasteiger partial charge is 0.274 e. The van der Waals surface area contributed by atoms with Gasteiger partial charge < -0.3 is 19.9 Å². The average Bonchev–Trinajstić information content (AvgIpc) is 2.83. The van der Waals surface area contributed by atoms with Gasteiger partial charge in [0.25, 0.3) is 5.66 Å². The van der Waals surface area contributed by atoms with Crippen molar-refractivity contribution in [2.45, 2.75) is 25.6 Å². The zero-order valence-electron chi connectivity index (χ0n) is 14.8. The van der Waals surface area contributed by atoms with Crippen molar-refractivity contribution in [3.05, 3.63) is 64.9 Å². The second-order valence-corrected chi connectivity index (χ2v) is 6.16. The van der Waals surface area contributed by atoms with Gasteiger partial charge in [-0.25, -0.2) is 0 Å². The van der Waals surface area contributed by atoms with Crippen LogP contribution in [-0.4, -0.2) is 41.0 Å². The lowest BCUT2D eigenvalue weighted by molar-refractivity contribution is -0.595. The molecular weight excluding hydrogens is 320 g/mol. The third-order valence-corrected chi connectivity index (χ3v) is 4.82. The van der Waals surface area contributed by atoms with Crippen LogP contribution in [0.3, 0.4) is 0 Å². The second kappa shape index (κ2) is 6.38. The van der Waals surface area contributed by atoms with Crippen LogP contribution >= 0.6 is 0 Å². The van der Waals surface area contributed by atoms with Gasteiger partial charge in [0.15, 0.2) is 11.5 Å². The molecule has 132 valence electrons. The number of rotatable bonds is 4. The van der Waals surface area contributed by atoms with Gasteiger partial charge in [0.1, 0.15) is 6.04 Å². The minimum atomic E-state index is -1.27. The summed E-state index contributed by atoms with van der Waals surface area (Å²) < 4.78 is 11.5. The first kappa shape index (κ1) is 17.3. The standard InChI is InChI=1S/C19H22N2O4/c1-13-18(14-8-6-5-7-9-14)21(23)19(2,20(13)22)15-10-11-16(24-3)17(12-15)25-4/h5-13,22H,1-4H3. The lowest BCUT2D eigenvalue weighted by Gasteiger charge is -2.30. The molecule has 0 spiro atoms. The van der Waals surface area contributed by atoms with Crippen molar-refractivity contribution >= 4 is 5.71 Å². The average molecular weight is 342 g/mol. The number of methoxy groups -OCH3 is 2. The van der Waals surface area contributed by atoms with Crippen LogP contribution in [0, 0.1) is 5.21 Å². The molecule has 0 aromatic heterocycles. The lowest BCUT2D eigenvalue weighted by atomic mass is 10.0. The highest BCUT2D eigenvalue weighted by atomic mass is 16.6. The monoisotopic (exact) mass is 342 g/mol. The minimum Gasteiger partial charge on any atom is -0.622 e. The Morgan fingerprint density at radius 2 is 1.72 bits per heavy atom. The molecule has 2 atom stereocenters. The highest BCUT2D eigenvalue weighted by Gasteiger charge is 2.54. The molecule has 6 heteroatoms. The topological polar surface area (TPSA) is 68.0 Å². The third kappa shape index (κ3) is 2.54. The summed E-state index contributed by atoms with van der Waals surface area (Å²) in [6, 6.07) is 14.1. The molecule has 1 N–H and O–H groups in total. The van der Waals surface area contributed by atoms with Gasteiger partial charge >= 0.3 is 0 Å². The van der Waals surface area contributed by atoms with Gasteiger partial charge in [-0.05, 0) is 37.3 Å². The van der Waals surface area contributed by atoms with E-state index in [-0.39, 0.29) is 0 Å². The van der Waals surface area contributed by atoms with Crippen LogP contribution in [0.4, 0.5) is 0 Å². The fourth-order valence-corrected chi connectivity index (χ4v) is 3.34. The number of hydrogen-bond donors (Lipinski definition) is 1. The number of hydroxylamine groups is 3. The highest BCUT2D eigenvalue weighted by Crippen LogP contribution is 2.39. The predicted molar refractivity (Wildman–Crippen MR) is 94.2 cm³/mol. The Balaban J connectivity index is 2.16. The molecule has 2 aromatic carbocycles. The van der Waals surface area contributed by atoms with Crippen molar-refractivity contribution in [3.8, 4) is 11.5 Å². The van der Waals surface area contributed by atoms with Crippen LogP contribution in [0.15, 0.2) is 48.5 Å². The van der Waals surface area contributed by atoms with Crippen molar-refractivity contribution in [1.82, 2.24) is 5.06 Å². The quantitative estimate of drug-likeness (QED) is 0.683. The van der Waals surface area contributed by atoms with Crippen LogP contribution in [0.2, 0.25) is 0 Å². The first-order valence-corrected chi connectivity index (χ1v) is 8.05. The molecule has 1 aliphatic rings. The SMILES string of the molecule is COc1ccc(C2(C)N(O)C(C)C(c3ccccc3)=[N+]2[O-])cc1OC. The molecule has 0 amide bonds. The number of hydrogen-bond acceptors (Lipinski definition) is 5. The molecule has 1 aliphatic heterocycles. The molecule has 2 aromatic rings. The third-order valence-electron chi connectivity index (χ3n) is 4.82. The van der Waals surface area contributed by atoms with Gasteiger partial charge in [-0.15, -0.1) is 5.06 Å². The van der Waals surface area contributed by atoms with E-state index in [0.717, 1.165) is 15.4 Å². The van der Waals surface area contributed by atoms with E-state index in [1.54, 1.807) is 39.2 Å². The molecule has 0 radical (unpaired) electrons. The zero-order chi connectivity index (χ0) is 18.2. The van der Waals surface area contributed by atoms with E-state index in [1.807, 2.05) is 30.3 Å². The fourth-order valence-electron chi connectivity index (χ4n) is 3.34. The molecule has 6 nitrogen and oxygen atoms in total. The van der Waals surface area contributed by atoms with Crippen molar-refractivity contribution in [2.24, 2.45) is 0 Å². The molecule has 3 rings (SSSR count). The van der Waals surface area contributed by atoms with Crippen LogP contribution < -0.4 is 9.47 Å². The summed E-state index contributed by atoms with van der Waals surface area (Å²) in [4.78, 5) is 0. The van der Waals surface area contributed by atoms with Gasteiger partial charge in [0.2, 0.25) is 5.71 Å². The van der Waals surface area contributed by atoms with Crippen molar-refractivity contribution in [3.63, 3.8) is 0 Å². The molecular formula is C19H22N2O4. The van der Waals surface area contributed by atoms with Crippen molar-refractivity contribution < 1.29 is 19.4 Å². The summed E-state index contributed by atoms with van der Waals surface area (Å²) in [5.74, 6) is 1.07. The van der Waals surface area contributed by atoms with E-state index < -0.39 is 11.7 Å². The first-order valence-electron chi connectivity index (χ1n) is 8.05. The van der Waals surface area contributed by atoms with Crippen molar-refractivity contribution in [1.29, 1.82) is 0 Å². The summed E-state index contributed by atoms with van der Waals surface area (Å²) in [7, 11) is 3.09. The van der Waals surface area contributed by atoms with Crippen LogP contribution in [-0.2, 0) is 5.66 Å². The van der Waals surface area contributed by atoms with Gasteiger partial charge in [-0.3, -0.25) is 0 Å². The number of nitrogens with zero attached hydrogens (tertiary/aromatic N) is 2. The lowest BCUT2D eigenvalue weighted by Crippen LogP contribution is -2.45. The summed E-state index contributed by atoms with van der Waals surface area (Å²) in [5, 5.41) is 25.1. The minimum absolute atomic E-state index is 0.460. The van der Waals surface area contributed by atoms with Gasteiger partial charge in [0, 0.05) is 18.1 Å². The van der Waals surface area contributed by atoms with E-state index in [1.165, 1.54) is 7.11 Å². The maximum absolute atomic E-state index is 13.2. The van der Waals surface area contributed by atoms with E-state index in [4.69, 9.17) is 9.47 Å². The predicted octanol–water partition coefficient (Wildman–Crippen LogP) is 2.97. The van der Waals surface area contributed by atoms with Crippen LogP contribution in [0.25, 0.3) is 0 Å². The van der Waals surface area contributed by atoms with E-state index in [9.17, 15) is 10.4 Å². The Morgan fingerprint density at radius 3 is 2.32 bits per heavy atom. The molecule has 0 saturated carbocycles. The number of ether oxygens (including phenoxy) is 2. The normalized spacial score (nSPS) is 23.8. The van der Waals surface area contributed by atoms with Crippen LogP contribution in [0.1, 0.15) is 25.0 Å². The highest BCUT2D eigenvalue weighted by molar-refractivity contribution is 6.01. The molecule has 1 heterocycles. The molecule has 0 saturated heterocycles. The van der Waals surface area contributed by atoms with Gasteiger partial charge in [-0.1, -0.05) is 18.2 Å². The number of benzene rings is 2. The molecule has 0 fully saturated rings. The fraction of sp³-hybridized carbons (Fsp3) is 0.316. The Kier molecular flexibility index (Phi) is 4.41. The first-order chi connectivity index (χ1) is 11.9. The molecule has 0 aliphatic carbocycles. The molecule has 25 heavy (non-hydrogen) atoms. The van der Waals surface area contributed by atoms with Crippen LogP contribution in [0.5, 0.6) is 11.5 Å². The Hall–Kier alpha value is -2.57. The summed E-state index contributed by atoms with van der Waals surface area (Å²) in [5.41, 5.74) is 0.638. The molecule has 2 unspecified atom stereocenters. The Labute approximate surface area is 147 Å².